The van der Waals surface area contributed by atoms with Gasteiger partial charge in [-0.2, -0.15) is 0 Å². The molecular weight excluding hydrogens is 166 g/mol. The lowest BCUT2D eigenvalue weighted by molar-refractivity contribution is -0.162. The lowest BCUT2D eigenvalue weighted by atomic mass is 9.87. The molecule has 0 N–H and O–H groups in total. The number of carbonyl (C=O) groups is 1. The Balaban J connectivity index is 2.78. The number of hydrogen-bond acceptors (Lipinski definition) is 2. The molecule has 0 unspecified atom stereocenters. The fourth-order valence-electron chi connectivity index (χ4n) is 1.72. The van der Waals surface area contributed by atoms with E-state index in [0.29, 0.717) is 12.8 Å². The monoisotopic (exact) mass is 178 g/mol. The summed E-state index contributed by atoms with van der Waals surface area (Å²) in [5.41, 5.74) is -1.49. The molecule has 0 aromatic carbocycles. The SMILES string of the molecule is COC(=O)C1(C(F)F)CCCC1. The van der Waals surface area contributed by atoms with Gasteiger partial charge in [-0.05, 0) is 12.8 Å². The minimum absolute atomic E-state index is 0.261. The zero-order valence-corrected chi connectivity index (χ0v) is 6.98. The van der Waals surface area contributed by atoms with Gasteiger partial charge < -0.3 is 4.74 Å². The van der Waals surface area contributed by atoms with Crippen molar-refractivity contribution >= 4 is 5.97 Å². The van der Waals surface area contributed by atoms with E-state index in [1.807, 2.05) is 0 Å². The first-order valence-electron chi connectivity index (χ1n) is 4.00. The predicted molar refractivity (Wildman–Crippen MR) is 38.9 cm³/mol. The Hall–Kier alpha value is -0.670. The largest absolute Gasteiger partial charge is 0.468 e. The van der Waals surface area contributed by atoms with E-state index in [9.17, 15) is 13.6 Å². The van der Waals surface area contributed by atoms with E-state index in [0.717, 1.165) is 7.11 Å². The highest BCUT2D eigenvalue weighted by Gasteiger charge is 2.50. The lowest BCUT2D eigenvalue weighted by Crippen LogP contribution is -2.36. The van der Waals surface area contributed by atoms with Crippen LogP contribution in [-0.2, 0) is 9.53 Å². The second-order valence-electron chi connectivity index (χ2n) is 3.16. The summed E-state index contributed by atoms with van der Waals surface area (Å²) < 4.78 is 29.4. The van der Waals surface area contributed by atoms with Crippen LogP contribution in [0.3, 0.4) is 0 Å². The highest BCUT2D eigenvalue weighted by Crippen LogP contribution is 2.43. The summed E-state index contributed by atoms with van der Waals surface area (Å²) in [6.45, 7) is 0. The number of halogens is 2. The first-order chi connectivity index (χ1) is 5.63. The van der Waals surface area contributed by atoms with Crippen molar-refractivity contribution in [3.05, 3.63) is 0 Å². The van der Waals surface area contributed by atoms with Gasteiger partial charge in [0.15, 0.2) is 0 Å². The van der Waals surface area contributed by atoms with Crippen LogP contribution in [0.5, 0.6) is 0 Å². The van der Waals surface area contributed by atoms with Crippen molar-refractivity contribution in [3.8, 4) is 0 Å². The maximum absolute atomic E-state index is 12.5. The van der Waals surface area contributed by atoms with Gasteiger partial charge in [0.1, 0.15) is 5.41 Å². The van der Waals surface area contributed by atoms with Gasteiger partial charge in [0, 0.05) is 0 Å². The summed E-state index contributed by atoms with van der Waals surface area (Å²) in [7, 11) is 1.16. The average Bonchev–Trinajstić information content (AvgIpc) is 2.52. The summed E-state index contributed by atoms with van der Waals surface area (Å²) in [5.74, 6) is -0.755. The van der Waals surface area contributed by atoms with Crippen LogP contribution in [0.2, 0.25) is 0 Å². The van der Waals surface area contributed by atoms with Crippen molar-refractivity contribution in [1.29, 1.82) is 0 Å². The van der Waals surface area contributed by atoms with Crippen LogP contribution in [0.15, 0.2) is 0 Å². The summed E-state index contributed by atoms with van der Waals surface area (Å²) >= 11 is 0. The standard InChI is InChI=1S/C8H12F2O2/c1-12-7(11)8(6(9)10)4-2-3-5-8/h6H,2-5H2,1H3. The highest BCUT2D eigenvalue weighted by atomic mass is 19.3. The quantitative estimate of drug-likeness (QED) is 0.604. The minimum Gasteiger partial charge on any atom is -0.468 e. The minimum atomic E-state index is -2.59. The van der Waals surface area contributed by atoms with Gasteiger partial charge in [0.05, 0.1) is 7.11 Å². The van der Waals surface area contributed by atoms with E-state index in [1.54, 1.807) is 0 Å². The second-order valence-corrected chi connectivity index (χ2v) is 3.16. The van der Waals surface area contributed by atoms with Crippen molar-refractivity contribution < 1.29 is 18.3 Å². The smallest absolute Gasteiger partial charge is 0.317 e. The molecule has 1 saturated carbocycles. The molecule has 0 heterocycles. The summed E-state index contributed by atoms with van der Waals surface area (Å²) in [6, 6.07) is 0. The van der Waals surface area contributed by atoms with Crippen LogP contribution in [0.4, 0.5) is 8.78 Å². The Morgan fingerprint density at radius 1 is 1.42 bits per heavy atom. The van der Waals surface area contributed by atoms with Gasteiger partial charge in [-0.1, -0.05) is 12.8 Å². The lowest BCUT2D eigenvalue weighted by Gasteiger charge is -2.24. The molecule has 0 radical (unpaired) electrons. The highest BCUT2D eigenvalue weighted by molar-refractivity contribution is 5.77. The molecule has 0 spiro atoms. The fourth-order valence-corrected chi connectivity index (χ4v) is 1.72. The number of alkyl halides is 2. The van der Waals surface area contributed by atoms with E-state index in [2.05, 4.69) is 4.74 Å². The van der Waals surface area contributed by atoms with Gasteiger partial charge in [-0.15, -0.1) is 0 Å². The number of esters is 1. The van der Waals surface area contributed by atoms with Crippen molar-refractivity contribution in [2.24, 2.45) is 5.41 Å². The molecule has 4 heteroatoms. The van der Waals surface area contributed by atoms with E-state index < -0.39 is 17.8 Å². The third kappa shape index (κ3) is 1.30. The molecule has 0 aromatic heterocycles. The molecule has 0 aliphatic heterocycles. The normalized spacial score (nSPS) is 21.3. The molecule has 1 rings (SSSR count). The van der Waals surface area contributed by atoms with Gasteiger partial charge >= 0.3 is 5.97 Å². The van der Waals surface area contributed by atoms with Crippen molar-refractivity contribution in [3.63, 3.8) is 0 Å². The maximum atomic E-state index is 12.5. The van der Waals surface area contributed by atoms with Gasteiger partial charge in [-0.25, -0.2) is 8.78 Å². The topological polar surface area (TPSA) is 26.3 Å². The molecule has 0 atom stereocenters. The fraction of sp³-hybridized carbons (Fsp3) is 0.875. The molecule has 0 aromatic rings. The Labute approximate surface area is 69.9 Å². The predicted octanol–water partition coefficient (Wildman–Crippen LogP) is 1.98. The van der Waals surface area contributed by atoms with Crippen LogP contribution in [0, 0.1) is 5.41 Å². The zero-order valence-electron chi connectivity index (χ0n) is 6.98. The molecule has 0 saturated heterocycles. The first kappa shape index (κ1) is 9.42. The van der Waals surface area contributed by atoms with Crippen LogP contribution >= 0.6 is 0 Å². The Bertz CT molecular complexity index is 174. The molecule has 0 amide bonds. The van der Waals surface area contributed by atoms with Crippen molar-refractivity contribution in [2.45, 2.75) is 32.1 Å². The molecule has 1 aliphatic carbocycles. The van der Waals surface area contributed by atoms with Crippen LogP contribution in [0.1, 0.15) is 25.7 Å². The first-order valence-corrected chi connectivity index (χ1v) is 4.00. The number of hydrogen-bond donors (Lipinski definition) is 0. The Morgan fingerprint density at radius 2 is 1.92 bits per heavy atom. The van der Waals surface area contributed by atoms with Crippen LogP contribution in [0.25, 0.3) is 0 Å². The second kappa shape index (κ2) is 3.37. The molecule has 1 fully saturated rings. The van der Waals surface area contributed by atoms with Crippen molar-refractivity contribution in [2.75, 3.05) is 7.11 Å². The van der Waals surface area contributed by atoms with Gasteiger partial charge in [0.2, 0.25) is 0 Å². The number of carbonyl (C=O) groups excluding carboxylic acids is 1. The Kier molecular flexibility index (Phi) is 2.65. The molecule has 1 aliphatic rings. The molecule has 12 heavy (non-hydrogen) atoms. The number of rotatable bonds is 2. The van der Waals surface area contributed by atoms with E-state index in [1.165, 1.54) is 0 Å². The maximum Gasteiger partial charge on any atom is 0.317 e. The van der Waals surface area contributed by atoms with Gasteiger partial charge in [0.25, 0.3) is 6.43 Å². The summed E-state index contributed by atoms with van der Waals surface area (Å²) in [6.07, 6.45) is -0.680. The van der Waals surface area contributed by atoms with E-state index >= 15 is 0 Å². The molecule has 2 nitrogen and oxygen atoms in total. The van der Waals surface area contributed by atoms with Crippen LogP contribution in [-0.4, -0.2) is 19.5 Å². The average molecular weight is 178 g/mol. The molecular formula is C8H12F2O2. The number of ether oxygens (including phenoxy) is 1. The van der Waals surface area contributed by atoms with Gasteiger partial charge in [-0.3, -0.25) is 4.79 Å². The molecule has 70 valence electrons. The zero-order chi connectivity index (χ0) is 9.19. The Morgan fingerprint density at radius 3 is 2.25 bits per heavy atom. The van der Waals surface area contributed by atoms with Crippen molar-refractivity contribution in [1.82, 2.24) is 0 Å². The third-order valence-corrected chi connectivity index (χ3v) is 2.51. The third-order valence-electron chi connectivity index (χ3n) is 2.51. The van der Waals surface area contributed by atoms with E-state index in [4.69, 9.17) is 0 Å². The summed E-state index contributed by atoms with van der Waals surface area (Å²) in [4.78, 5) is 11.1. The summed E-state index contributed by atoms with van der Waals surface area (Å²) in [5, 5.41) is 0. The number of methoxy groups -OCH3 is 1. The van der Waals surface area contributed by atoms with Crippen LogP contribution < -0.4 is 0 Å². The molecule has 0 bridgehead atoms. The van der Waals surface area contributed by atoms with E-state index in [-0.39, 0.29) is 12.8 Å².